The van der Waals surface area contributed by atoms with E-state index >= 15 is 0 Å². The van der Waals surface area contributed by atoms with Gasteiger partial charge in [0, 0.05) is 22.3 Å². The Labute approximate surface area is 288 Å². The van der Waals surface area contributed by atoms with Crippen LogP contribution in [-0.2, 0) is 9.59 Å². The summed E-state index contributed by atoms with van der Waals surface area (Å²) in [5.41, 5.74) is 2.20. The summed E-state index contributed by atoms with van der Waals surface area (Å²) >= 11 is 1.37. The van der Waals surface area contributed by atoms with Crippen LogP contribution in [0.5, 0.6) is 17.2 Å². The maximum Gasteiger partial charge on any atom is 0.272 e. The second-order valence-corrected chi connectivity index (χ2v) is 11.6. The van der Waals surface area contributed by atoms with Crippen molar-refractivity contribution in [1.29, 1.82) is 0 Å². The minimum absolute atomic E-state index is 0.0167. The van der Waals surface area contributed by atoms with Gasteiger partial charge in [-0.3, -0.25) is 14.4 Å². The number of nitrogens with zero attached hydrogens (tertiary/aromatic N) is 1. The van der Waals surface area contributed by atoms with Gasteiger partial charge >= 0.3 is 0 Å². The minimum atomic E-state index is -0.565. The van der Waals surface area contributed by atoms with Gasteiger partial charge in [-0.25, -0.2) is 4.98 Å². The summed E-state index contributed by atoms with van der Waals surface area (Å²) in [4.78, 5) is 45.2. The van der Waals surface area contributed by atoms with E-state index in [1.165, 1.54) is 39.2 Å². The lowest BCUT2D eigenvalue weighted by Gasteiger charge is -2.17. The van der Waals surface area contributed by atoms with E-state index in [2.05, 4.69) is 20.9 Å². The molecule has 1 heterocycles. The lowest BCUT2D eigenvalue weighted by Crippen LogP contribution is -2.30. The van der Waals surface area contributed by atoms with E-state index in [0.29, 0.717) is 39.9 Å². The van der Waals surface area contributed by atoms with Crippen LogP contribution in [0.1, 0.15) is 26.7 Å². The molecule has 0 radical (unpaired) electrons. The Kier molecular flexibility index (Phi) is 11.7. The first kappa shape index (κ1) is 34.3. The van der Waals surface area contributed by atoms with Crippen LogP contribution >= 0.6 is 11.8 Å². The highest BCUT2D eigenvalue weighted by atomic mass is 32.2. The first-order chi connectivity index (χ1) is 23.9. The fraction of sp³-hybridized carbons (Fsp3) is 0.105. The van der Waals surface area contributed by atoms with E-state index in [0.717, 1.165) is 10.5 Å². The van der Waals surface area contributed by atoms with E-state index in [1.807, 2.05) is 42.5 Å². The van der Waals surface area contributed by atoms with Gasteiger partial charge in [0.1, 0.15) is 16.8 Å². The van der Waals surface area contributed by atoms with Crippen molar-refractivity contribution in [2.24, 2.45) is 0 Å². The van der Waals surface area contributed by atoms with Crippen molar-refractivity contribution < 1.29 is 28.6 Å². The normalized spacial score (nSPS) is 11.5. The molecule has 1 unspecified atom stereocenters. The van der Waals surface area contributed by atoms with E-state index in [9.17, 15) is 14.4 Å². The lowest BCUT2D eigenvalue weighted by atomic mass is 10.1. The summed E-state index contributed by atoms with van der Waals surface area (Å²) < 4.78 is 16.4. The number of nitrogens with one attached hydrogen (secondary N) is 3. The van der Waals surface area contributed by atoms with Crippen molar-refractivity contribution in [1.82, 2.24) is 10.3 Å². The van der Waals surface area contributed by atoms with Crippen molar-refractivity contribution >= 4 is 47.1 Å². The SMILES string of the molecule is COc1cc(/C=C(\NC(=O)c2ccccc2)C(=O)Nc2ccc(SC(C(=O)Nc3ccccn3)c3ccccc3)cc2)cc(OC)c1OC. The molecule has 0 fully saturated rings. The number of rotatable bonds is 13. The summed E-state index contributed by atoms with van der Waals surface area (Å²) in [6.45, 7) is 0. The van der Waals surface area contributed by atoms with Crippen molar-refractivity contribution in [2.75, 3.05) is 32.0 Å². The van der Waals surface area contributed by atoms with Gasteiger partial charge in [0.05, 0.1) is 21.3 Å². The number of hydrogen-bond acceptors (Lipinski definition) is 8. The summed E-state index contributed by atoms with van der Waals surface area (Å²) in [5.74, 6) is 0.385. The molecular weight excluding hydrogens is 641 g/mol. The van der Waals surface area contributed by atoms with E-state index in [-0.39, 0.29) is 11.6 Å². The van der Waals surface area contributed by atoms with Crippen molar-refractivity contribution in [3.8, 4) is 17.2 Å². The molecule has 1 aromatic heterocycles. The number of amides is 3. The number of benzene rings is 4. The average Bonchev–Trinajstić information content (AvgIpc) is 3.14. The first-order valence-electron chi connectivity index (χ1n) is 15.1. The van der Waals surface area contributed by atoms with Gasteiger partial charge in [-0.05, 0) is 77.9 Å². The predicted molar refractivity (Wildman–Crippen MR) is 191 cm³/mol. The zero-order valence-electron chi connectivity index (χ0n) is 27.0. The fourth-order valence-corrected chi connectivity index (χ4v) is 5.80. The standard InChI is InChI=1S/C38H34N4O6S/c1-46-31-23-25(24-32(47-2)34(31)48-3)22-30(41-36(43)27-14-8-5-9-15-27)37(44)40-28-17-19-29(20-18-28)49-35(26-12-6-4-7-13-26)38(45)42-33-16-10-11-21-39-33/h4-24,35H,1-3H3,(H,40,44)(H,41,43)(H,39,42,45)/b30-22-. The number of aromatic nitrogens is 1. The summed E-state index contributed by atoms with van der Waals surface area (Å²) in [7, 11) is 4.48. The van der Waals surface area contributed by atoms with Gasteiger partial charge in [0.15, 0.2) is 11.5 Å². The van der Waals surface area contributed by atoms with Crippen molar-refractivity contribution in [3.63, 3.8) is 0 Å². The van der Waals surface area contributed by atoms with Crippen LogP contribution in [0.3, 0.4) is 0 Å². The zero-order valence-corrected chi connectivity index (χ0v) is 27.8. The van der Waals surface area contributed by atoms with E-state index in [4.69, 9.17) is 14.2 Å². The smallest absolute Gasteiger partial charge is 0.272 e. The summed E-state index contributed by atoms with van der Waals surface area (Å²) in [5, 5.41) is 7.92. The van der Waals surface area contributed by atoms with Gasteiger partial charge in [-0.2, -0.15) is 0 Å². The van der Waals surface area contributed by atoms with E-state index in [1.54, 1.807) is 79.0 Å². The van der Waals surface area contributed by atoms with Crippen LogP contribution in [0.15, 0.2) is 132 Å². The minimum Gasteiger partial charge on any atom is -0.493 e. The molecule has 1 atom stereocenters. The Hall–Kier alpha value is -6.07. The number of hydrogen-bond donors (Lipinski definition) is 3. The van der Waals surface area contributed by atoms with Gasteiger partial charge in [0.2, 0.25) is 11.7 Å². The number of ether oxygens (including phenoxy) is 3. The van der Waals surface area contributed by atoms with Crippen molar-refractivity contribution in [2.45, 2.75) is 10.1 Å². The van der Waals surface area contributed by atoms with Crippen LogP contribution in [0.2, 0.25) is 0 Å². The Bertz CT molecular complexity index is 1900. The zero-order chi connectivity index (χ0) is 34.6. The third-order valence-corrected chi connectivity index (χ3v) is 8.42. The molecule has 10 nitrogen and oxygen atoms in total. The molecule has 0 aliphatic heterocycles. The predicted octanol–water partition coefficient (Wildman–Crippen LogP) is 6.99. The molecule has 49 heavy (non-hydrogen) atoms. The molecule has 11 heteroatoms. The van der Waals surface area contributed by atoms with Gasteiger partial charge < -0.3 is 30.2 Å². The van der Waals surface area contributed by atoms with Crippen LogP contribution < -0.4 is 30.2 Å². The molecule has 4 aromatic carbocycles. The largest absolute Gasteiger partial charge is 0.493 e. The number of thioether (sulfide) groups is 1. The van der Waals surface area contributed by atoms with Gasteiger partial charge in [-0.15, -0.1) is 11.8 Å². The quantitative estimate of drug-likeness (QED) is 0.0901. The monoisotopic (exact) mass is 674 g/mol. The molecule has 0 aliphatic rings. The highest BCUT2D eigenvalue weighted by molar-refractivity contribution is 8.00. The fourth-order valence-electron chi connectivity index (χ4n) is 4.77. The van der Waals surface area contributed by atoms with Gasteiger partial charge in [-0.1, -0.05) is 54.6 Å². The molecule has 5 rings (SSSR count). The second-order valence-electron chi connectivity index (χ2n) is 10.4. The highest BCUT2D eigenvalue weighted by Gasteiger charge is 2.23. The first-order valence-corrected chi connectivity index (χ1v) is 16.0. The molecule has 3 amide bonds. The summed E-state index contributed by atoms with van der Waals surface area (Å²) in [6, 6.07) is 33.8. The molecule has 5 aromatic rings. The third-order valence-electron chi connectivity index (χ3n) is 7.15. The Morgan fingerprint density at radius 1 is 0.735 bits per heavy atom. The number of methoxy groups -OCH3 is 3. The lowest BCUT2D eigenvalue weighted by molar-refractivity contribution is -0.116. The molecule has 3 N–H and O–H groups in total. The highest BCUT2D eigenvalue weighted by Crippen LogP contribution is 2.39. The van der Waals surface area contributed by atoms with Gasteiger partial charge in [0.25, 0.3) is 11.8 Å². The molecule has 0 saturated carbocycles. The van der Waals surface area contributed by atoms with Crippen LogP contribution in [-0.4, -0.2) is 44.0 Å². The number of carbonyl (C=O) groups is 3. The maximum absolute atomic E-state index is 13.7. The number of pyridine rings is 1. The molecule has 0 spiro atoms. The van der Waals surface area contributed by atoms with Crippen molar-refractivity contribution in [3.05, 3.63) is 144 Å². The number of anilines is 2. The molecule has 248 valence electrons. The Balaban J connectivity index is 1.38. The molecule has 0 aliphatic carbocycles. The Morgan fingerprint density at radius 2 is 1.37 bits per heavy atom. The molecular formula is C38H34N4O6S. The third kappa shape index (κ3) is 9.05. The molecule has 0 saturated heterocycles. The maximum atomic E-state index is 13.7. The topological polar surface area (TPSA) is 128 Å². The average molecular weight is 675 g/mol. The summed E-state index contributed by atoms with van der Waals surface area (Å²) in [6.07, 6.45) is 3.14. The molecule has 0 bridgehead atoms. The number of carbonyl (C=O) groups excluding carboxylic acids is 3. The van der Waals surface area contributed by atoms with Crippen LogP contribution in [0, 0.1) is 0 Å². The van der Waals surface area contributed by atoms with Crippen LogP contribution in [0.4, 0.5) is 11.5 Å². The van der Waals surface area contributed by atoms with E-state index < -0.39 is 17.1 Å². The van der Waals surface area contributed by atoms with Crippen LogP contribution in [0.25, 0.3) is 6.08 Å². The Morgan fingerprint density at radius 3 is 1.96 bits per heavy atom. The second kappa shape index (κ2) is 16.7.